The first-order valence-electron chi connectivity index (χ1n) is 6.60. The van der Waals surface area contributed by atoms with Crippen LogP contribution in [0.3, 0.4) is 0 Å². The lowest BCUT2D eigenvalue weighted by Gasteiger charge is -2.04. The molecule has 5 heteroatoms. The number of methoxy groups -OCH3 is 1. The van der Waals surface area contributed by atoms with Gasteiger partial charge in [0.2, 0.25) is 0 Å². The highest BCUT2D eigenvalue weighted by Crippen LogP contribution is 2.23. The van der Waals surface area contributed by atoms with Gasteiger partial charge < -0.3 is 14.5 Å². The molecule has 0 saturated carbocycles. The van der Waals surface area contributed by atoms with Gasteiger partial charge in [0.05, 0.1) is 6.20 Å². The van der Waals surface area contributed by atoms with Crippen molar-refractivity contribution in [1.29, 1.82) is 0 Å². The molecule has 0 aliphatic rings. The van der Waals surface area contributed by atoms with E-state index in [-0.39, 0.29) is 0 Å². The van der Waals surface area contributed by atoms with Crippen molar-refractivity contribution in [1.82, 2.24) is 15.5 Å². The van der Waals surface area contributed by atoms with E-state index in [9.17, 15) is 0 Å². The first-order valence-corrected chi connectivity index (χ1v) is 6.60. The molecular weight excluding hydrogens is 242 g/mol. The van der Waals surface area contributed by atoms with E-state index in [0.717, 1.165) is 55.3 Å². The molecule has 2 N–H and O–H groups in total. The highest BCUT2D eigenvalue weighted by Gasteiger charge is 2.10. The van der Waals surface area contributed by atoms with Crippen LogP contribution in [0.5, 0.6) is 0 Å². The van der Waals surface area contributed by atoms with Gasteiger partial charge in [-0.2, -0.15) is 5.10 Å². The Morgan fingerprint density at radius 3 is 3.00 bits per heavy atom. The Kier molecular flexibility index (Phi) is 5.18. The van der Waals surface area contributed by atoms with E-state index in [1.807, 2.05) is 25.3 Å². The number of hydrogen-bond acceptors (Lipinski definition) is 4. The summed E-state index contributed by atoms with van der Waals surface area (Å²) in [6, 6.07) is 3.92. The van der Waals surface area contributed by atoms with Crippen LogP contribution in [0.1, 0.15) is 24.2 Å². The molecule has 0 aliphatic heterocycles. The molecule has 0 spiro atoms. The van der Waals surface area contributed by atoms with Gasteiger partial charge in [-0.1, -0.05) is 0 Å². The van der Waals surface area contributed by atoms with Crippen molar-refractivity contribution >= 4 is 0 Å². The van der Waals surface area contributed by atoms with E-state index < -0.39 is 0 Å². The maximum absolute atomic E-state index is 5.61. The van der Waals surface area contributed by atoms with Crippen molar-refractivity contribution in [2.75, 3.05) is 20.3 Å². The quantitative estimate of drug-likeness (QED) is 0.718. The normalized spacial score (nSPS) is 11.1. The third-order valence-electron chi connectivity index (χ3n) is 2.97. The summed E-state index contributed by atoms with van der Waals surface area (Å²) in [5.41, 5.74) is 2.08. The summed E-state index contributed by atoms with van der Waals surface area (Å²) < 4.78 is 10.6. The third kappa shape index (κ3) is 3.94. The van der Waals surface area contributed by atoms with Gasteiger partial charge in [0.25, 0.3) is 0 Å². The van der Waals surface area contributed by atoms with Crippen LogP contribution in [0, 0.1) is 6.92 Å². The number of unbranched alkanes of at least 4 members (excludes halogenated alkanes) is 1. The number of rotatable bonds is 8. The Morgan fingerprint density at radius 1 is 1.37 bits per heavy atom. The lowest BCUT2D eigenvalue weighted by Crippen LogP contribution is -2.15. The van der Waals surface area contributed by atoms with Crippen LogP contribution in [-0.2, 0) is 11.3 Å². The lowest BCUT2D eigenvalue weighted by molar-refractivity contribution is 0.192. The minimum absolute atomic E-state index is 0.790. The second-order valence-electron chi connectivity index (χ2n) is 4.56. The smallest absolute Gasteiger partial charge is 0.152 e. The molecule has 0 radical (unpaired) electrons. The van der Waals surface area contributed by atoms with E-state index in [4.69, 9.17) is 9.15 Å². The molecule has 19 heavy (non-hydrogen) atoms. The molecule has 0 bridgehead atoms. The topological polar surface area (TPSA) is 63.1 Å². The van der Waals surface area contributed by atoms with Crippen LogP contribution in [0.25, 0.3) is 11.5 Å². The van der Waals surface area contributed by atoms with Gasteiger partial charge >= 0.3 is 0 Å². The van der Waals surface area contributed by atoms with Crippen molar-refractivity contribution in [2.45, 2.75) is 26.3 Å². The molecule has 0 fully saturated rings. The number of ether oxygens (including phenoxy) is 1. The van der Waals surface area contributed by atoms with Crippen molar-refractivity contribution in [3.63, 3.8) is 0 Å². The zero-order valence-electron chi connectivity index (χ0n) is 11.5. The average molecular weight is 263 g/mol. The zero-order chi connectivity index (χ0) is 13.5. The standard InChI is InChI=1S/C14H21N3O2/c1-11-5-6-13(19-11)14-12(10-16-17-14)9-15-7-3-4-8-18-2/h5-6,10,15H,3-4,7-9H2,1-2H3,(H,16,17). The number of aromatic amines is 1. The van der Waals surface area contributed by atoms with E-state index in [2.05, 4.69) is 15.5 Å². The molecule has 0 aliphatic carbocycles. The number of nitrogens with one attached hydrogen (secondary N) is 2. The molecule has 2 heterocycles. The SMILES string of the molecule is COCCCCNCc1cn[nH]c1-c1ccc(C)o1. The largest absolute Gasteiger partial charge is 0.460 e. The fourth-order valence-corrected chi connectivity index (χ4v) is 1.95. The highest BCUT2D eigenvalue weighted by atomic mass is 16.5. The summed E-state index contributed by atoms with van der Waals surface area (Å²) >= 11 is 0. The monoisotopic (exact) mass is 263 g/mol. The summed E-state index contributed by atoms with van der Waals surface area (Å²) in [6.07, 6.45) is 4.04. The molecule has 2 aromatic heterocycles. The molecule has 2 rings (SSSR count). The molecule has 104 valence electrons. The number of aromatic nitrogens is 2. The third-order valence-corrected chi connectivity index (χ3v) is 2.97. The predicted octanol–water partition coefficient (Wildman–Crippen LogP) is 2.49. The maximum Gasteiger partial charge on any atom is 0.152 e. The highest BCUT2D eigenvalue weighted by molar-refractivity contribution is 5.56. The molecule has 0 saturated heterocycles. The van der Waals surface area contributed by atoms with Crippen molar-refractivity contribution in [3.05, 3.63) is 29.7 Å². The van der Waals surface area contributed by atoms with Gasteiger partial charge in [-0.25, -0.2) is 0 Å². The van der Waals surface area contributed by atoms with E-state index >= 15 is 0 Å². The number of nitrogens with zero attached hydrogens (tertiary/aromatic N) is 1. The van der Waals surface area contributed by atoms with Crippen molar-refractivity contribution < 1.29 is 9.15 Å². The number of furan rings is 1. The second-order valence-corrected chi connectivity index (χ2v) is 4.56. The van der Waals surface area contributed by atoms with Crippen LogP contribution >= 0.6 is 0 Å². The molecule has 0 unspecified atom stereocenters. The van der Waals surface area contributed by atoms with Gasteiger partial charge in [-0.05, 0) is 38.4 Å². The summed E-state index contributed by atoms with van der Waals surface area (Å²) in [5, 5.41) is 10.5. The first-order chi connectivity index (χ1) is 9.31. The van der Waals surface area contributed by atoms with Crippen LogP contribution in [0.15, 0.2) is 22.7 Å². The molecule has 0 atom stereocenters. The fraction of sp³-hybridized carbons (Fsp3) is 0.500. The second kappa shape index (κ2) is 7.11. The predicted molar refractivity (Wildman–Crippen MR) is 73.8 cm³/mol. The van der Waals surface area contributed by atoms with Crippen molar-refractivity contribution in [3.8, 4) is 11.5 Å². The number of aryl methyl sites for hydroxylation is 1. The first kappa shape index (κ1) is 13.8. The Morgan fingerprint density at radius 2 is 2.26 bits per heavy atom. The molecule has 0 aromatic carbocycles. The Bertz CT molecular complexity index is 490. The summed E-state index contributed by atoms with van der Waals surface area (Å²) in [5.74, 6) is 1.74. The zero-order valence-corrected chi connectivity index (χ0v) is 11.5. The summed E-state index contributed by atoms with van der Waals surface area (Å²) in [4.78, 5) is 0. The van der Waals surface area contributed by atoms with E-state index in [1.54, 1.807) is 7.11 Å². The summed E-state index contributed by atoms with van der Waals surface area (Å²) in [7, 11) is 1.73. The van der Waals surface area contributed by atoms with Crippen LogP contribution < -0.4 is 5.32 Å². The minimum Gasteiger partial charge on any atom is -0.460 e. The van der Waals surface area contributed by atoms with Gasteiger partial charge in [0, 0.05) is 25.8 Å². The number of H-pyrrole nitrogens is 1. The average Bonchev–Trinajstić information content (AvgIpc) is 3.02. The fourth-order valence-electron chi connectivity index (χ4n) is 1.95. The minimum atomic E-state index is 0.790. The van der Waals surface area contributed by atoms with Crippen LogP contribution in [0.2, 0.25) is 0 Å². The summed E-state index contributed by atoms with van der Waals surface area (Å²) in [6.45, 7) is 4.53. The lowest BCUT2D eigenvalue weighted by atomic mass is 10.2. The van der Waals surface area contributed by atoms with Gasteiger partial charge in [-0.15, -0.1) is 0 Å². The molecule has 0 amide bonds. The molecule has 5 nitrogen and oxygen atoms in total. The van der Waals surface area contributed by atoms with Gasteiger partial charge in [-0.3, -0.25) is 5.10 Å². The maximum atomic E-state index is 5.61. The molecule has 2 aromatic rings. The van der Waals surface area contributed by atoms with Crippen LogP contribution in [0.4, 0.5) is 0 Å². The van der Waals surface area contributed by atoms with Gasteiger partial charge in [0.1, 0.15) is 11.5 Å². The van der Waals surface area contributed by atoms with Crippen LogP contribution in [-0.4, -0.2) is 30.5 Å². The van der Waals surface area contributed by atoms with E-state index in [0.29, 0.717) is 0 Å². The Hall–Kier alpha value is -1.59. The molecular formula is C14H21N3O2. The van der Waals surface area contributed by atoms with Crippen molar-refractivity contribution in [2.24, 2.45) is 0 Å². The Balaban J connectivity index is 1.83. The Labute approximate surface area is 113 Å². The van der Waals surface area contributed by atoms with E-state index in [1.165, 1.54) is 0 Å². The van der Waals surface area contributed by atoms with Gasteiger partial charge in [0.15, 0.2) is 5.76 Å². The number of hydrogen-bond donors (Lipinski definition) is 2.